The molecule has 2 aromatic carbocycles. The summed E-state index contributed by atoms with van der Waals surface area (Å²) in [5, 5.41) is 0. The van der Waals surface area contributed by atoms with Crippen molar-refractivity contribution in [2.45, 2.75) is 37.4 Å². The molecule has 26 heavy (non-hydrogen) atoms. The van der Waals surface area contributed by atoms with E-state index in [-0.39, 0.29) is 12.5 Å². The van der Waals surface area contributed by atoms with E-state index in [2.05, 4.69) is 70.5 Å². The van der Waals surface area contributed by atoms with Crippen LogP contribution in [-0.2, 0) is 9.47 Å². The van der Waals surface area contributed by atoms with E-state index in [1.807, 2.05) is 0 Å². The monoisotopic (exact) mass is 350 g/mol. The first kappa shape index (κ1) is 16.5. The topological polar surface area (TPSA) is 24.9 Å². The van der Waals surface area contributed by atoms with Crippen LogP contribution in [0.15, 0.2) is 60.7 Å². The second kappa shape index (κ2) is 7.12. The minimum atomic E-state index is 0.221. The Balaban J connectivity index is 1.33. The molecule has 0 aliphatic carbocycles. The first-order chi connectivity index (χ1) is 12.9. The summed E-state index contributed by atoms with van der Waals surface area (Å²) in [6.45, 7) is 3.63. The maximum atomic E-state index is 6.21. The number of rotatable bonds is 2. The molecule has 3 saturated heterocycles. The third-order valence-corrected chi connectivity index (χ3v) is 6.07. The lowest BCUT2D eigenvalue weighted by Crippen LogP contribution is -2.44. The van der Waals surface area contributed by atoms with E-state index in [1.54, 1.807) is 0 Å². The van der Waals surface area contributed by atoms with Crippen LogP contribution in [0.5, 0.6) is 0 Å². The highest BCUT2D eigenvalue weighted by molar-refractivity contribution is 5.21. The fourth-order valence-electron chi connectivity index (χ4n) is 4.73. The Morgan fingerprint density at radius 3 is 1.46 bits per heavy atom. The van der Waals surface area contributed by atoms with Crippen LogP contribution in [0, 0.1) is 0 Å². The Hall–Kier alpha value is -1.72. The highest BCUT2D eigenvalue weighted by Crippen LogP contribution is 2.38. The molecule has 3 fully saturated rings. The van der Waals surface area contributed by atoms with Crippen molar-refractivity contribution < 1.29 is 9.47 Å². The summed E-state index contributed by atoms with van der Waals surface area (Å²) in [7, 11) is 0. The van der Waals surface area contributed by atoms with Gasteiger partial charge >= 0.3 is 0 Å². The summed E-state index contributed by atoms with van der Waals surface area (Å²) >= 11 is 0. The van der Waals surface area contributed by atoms with E-state index in [1.165, 1.54) is 11.1 Å². The van der Waals surface area contributed by atoms with Gasteiger partial charge in [0.15, 0.2) is 0 Å². The molecule has 4 nitrogen and oxygen atoms in total. The molecule has 0 aromatic heterocycles. The van der Waals surface area contributed by atoms with Gasteiger partial charge in [-0.2, -0.15) is 0 Å². The summed E-state index contributed by atoms with van der Waals surface area (Å²) in [5.74, 6) is 0. The normalized spacial score (nSPS) is 32.6. The first-order valence-electron chi connectivity index (χ1n) is 9.75. The molecule has 5 rings (SSSR count). The van der Waals surface area contributed by atoms with Crippen molar-refractivity contribution >= 4 is 0 Å². The van der Waals surface area contributed by atoms with E-state index in [0.717, 1.165) is 39.1 Å². The summed E-state index contributed by atoms with van der Waals surface area (Å²) < 4.78 is 12.4. The fraction of sp³-hybridized carbons (Fsp3) is 0.455. The third-order valence-electron chi connectivity index (χ3n) is 6.07. The Morgan fingerprint density at radius 1 is 0.615 bits per heavy atom. The van der Waals surface area contributed by atoms with Gasteiger partial charge in [-0.25, -0.2) is 0 Å². The van der Waals surface area contributed by atoms with Gasteiger partial charge in [0.1, 0.15) is 12.5 Å². The molecular weight excluding hydrogens is 324 g/mol. The number of fused-ring (bicyclic) bond motifs is 2. The van der Waals surface area contributed by atoms with Crippen LogP contribution in [0.25, 0.3) is 0 Å². The summed E-state index contributed by atoms with van der Waals surface area (Å²) in [4.78, 5) is 5.09. The number of hydrogen-bond acceptors (Lipinski definition) is 4. The molecule has 2 unspecified atom stereocenters. The van der Waals surface area contributed by atoms with Crippen molar-refractivity contribution in [1.82, 2.24) is 9.80 Å². The number of benzene rings is 2. The molecular formula is C22H26N2O2. The van der Waals surface area contributed by atoms with Crippen molar-refractivity contribution in [2.24, 2.45) is 0 Å². The zero-order valence-electron chi connectivity index (χ0n) is 15.0. The van der Waals surface area contributed by atoms with Crippen molar-refractivity contribution in [1.29, 1.82) is 0 Å². The zero-order chi connectivity index (χ0) is 17.3. The summed E-state index contributed by atoms with van der Waals surface area (Å²) in [6, 6.07) is 22.3. The smallest absolute Gasteiger partial charge is 0.112 e. The molecule has 2 aromatic rings. The van der Waals surface area contributed by atoms with Crippen LogP contribution < -0.4 is 0 Å². The zero-order valence-corrected chi connectivity index (χ0v) is 15.0. The van der Waals surface area contributed by atoms with Gasteiger partial charge in [-0.1, -0.05) is 60.7 Å². The molecule has 0 bridgehead atoms. The van der Waals surface area contributed by atoms with Crippen molar-refractivity contribution in [2.75, 3.05) is 26.3 Å². The van der Waals surface area contributed by atoms with Gasteiger partial charge < -0.3 is 9.47 Å². The maximum absolute atomic E-state index is 6.21. The molecule has 4 heteroatoms. The Kier molecular flexibility index (Phi) is 4.51. The van der Waals surface area contributed by atoms with Crippen LogP contribution in [-0.4, -0.2) is 48.6 Å². The van der Waals surface area contributed by atoms with Crippen molar-refractivity contribution in [3.8, 4) is 0 Å². The largest absolute Gasteiger partial charge is 0.361 e. The third kappa shape index (κ3) is 2.97. The molecule has 3 aliphatic heterocycles. The molecule has 4 atom stereocenters. The number of nitrogens with zero attached hydrogens (tertiary/aromatic N) is 2. The fourth-order valence-corrected chi connectivity index (χ4v) is 4.73. The first-order valence-corrected chi connectivity index (χ1v) is 9.75. The van der Waals surface area contributed by atoms with E-state index < -0.39 is 0 Å². The van der Waals surface area contributed by atoms with Gasteiger partial charge in [0.25, 0.3) is 0 Å². The minimum absolute atomic E-state index is 0.221. The Labute approximate surface area is 155 Å². The molecule has 0 spiro atoms. The quantitative estimate of drug-likeness (QED) is 0.827. The number of hydrogen-bond donors (Lipinski definition) is 0. The molecule has 3 heterocycles. The lowest BCUT2D eigenvalue weighted by atomic mass is 10.0. The van der Waals surface area contributed by atoms with Crippen molar-refractivity contribution in [3.05, 3.63) is 71.8 Å². The molecule has 136 valence electrons. The van der Waals surface area contributed by atoms with Gasteiger partial charge in [-0.3, -0.25) is 9.80 Å². The Morgan fingerprint density at radius 2 is 1.04 bits per heavy atom. The predicted molar refractivity (Wildman–Crippen MR) is 100 cm³/mol. The van der Waals surface area contributed by atoms with Gasteiger partial charge in [0.05, 0.1) is 25.3 Å². The Bertz CT molecular complexity index is 660. The van der Waals surface area contributed by atoms with E-state index in [0.29, 0.717) is 12.1 Å². The van der Waals surface area contributed by atoms with Crippen LogP contribution in [0.4, 0.5) is 0 Å². The standard InChI is InChI=1S/C22H26N2O2/c1-3-7-17(8-4-1)19-15-25-21-12-14-24-20(18-9-5-2-6-10-18)16-26-22(24)11-13-23(19)21/h1-10,19-22H,11-16H2/t19-,20-,21?,22?/m1/s1. The van der Waals surface area contributed by atoms with E-state index >= 15 is 0 Å². The molecule has 0 radical (unpaired) electrons. The van der Waals surface area contributed by atoms with Gasteiger partial charge in [0.2, 0.25) is 0 Å². The van der Waals surface area contributed by atoms with Gasteiger partial charge in [-0.15, -0.1) is 0 Å². The van der Waals surface area contributed by atoms with Gasteiger partial charge in [-0.05, 0) is 11.1 Å². The average molecular weight is 350 g/mol. The number of ether oxygens (including phenoxy) is 2. The summed E-state index contributed by atoms with van der Waals surface area (Å²) in [5.41, 5.74) is 2.73. The highest BCUT2D eigenvalue weighted by atomic mass is 16.5. The van der Waals surface area contributed by atoms with E-state index in [4.69, 9.17) is 9.47 Å². The predicted octanol–water partition coefficient (Wildman–Crippen LogP) is 3.58. The molecule has 0 N–H and O–H groups in total. The second-order valence-electron chi connectivity index (χ2n) is 7.48. The lowest BCUT2D eigenvalue weighted by Gasteiger charge is -2.36. The molecule has 3 aliphatic rings. The second-order valence-corrected chi connectivity index (χ2v) is 7.48. The van der Waals surface area contributed by atoms with Crippen LogP contribution in [0.1, 0.15) is 36.1 Å². The average Bonchev–Trinajstić information content (AvgIpc) is 3.27. The molecule has 0 saturated carbocycles. The van der Waals surface area contributed by atoms with Crippen LogP contribution in [0.2, 0.25) is 0 Å². The van der Waals surface area contributed by atoms with E-state index in [9.17, 15) is 0 Å². The minimum Gasteiger partial charge on any atom is -0.361 e. The highest BCUT2D eigenvalue weighted by Gasteiger charge is 2.42. The lowest BCUT2D eigenvalue weighted by molar-refractivity contribution is -0.0425. The maximum Gasteiger partial charge on any atom is 0.112 e. The summed E-state index contributed by atoms with van der Waals surface area (Å²) in [6.07, 6.45) is 2.51. The van der Waals surface area contributed by atoms with Crippen LogP contribution >= 0.6 is 0 Å². The van der Waals surface area contributed by atoms with Gasteiger partial charge in [0, 0.05) is 25.9 Å². The SMILES string of the molecule is c1ccc([C@H]2COC3CCN4C(CCN32)OC[C@@H]4c2ccccc2)cc1. The van der Waals surface area contributed by atoms with Crippen LogP contribution in [0.3, 0.4) is 0 Å². The molecule has 0 amide bonds. The van der Waals surface area contributed by atoms with Crippen molar-refractivity contribution in [3.63, 3.8) is 0 Å².